The van der Waals surface area contributed by atoms with Crippen LogP contribution in [0, 0.1) is 5.21 Å². The molecule has 2 nitrogen and oxygen atoms in total. The van der Waals surface area contributed by atoms with E-state index < -0.39 is 0 Å². The summed E-state index contributed by atoms with van der Waals surface area (Å²) in [6, 6.07) is 0. The Morgan fingerprint density at radius 2 is 1.00 bits per heavy atom. The lowest BCUT2D eigenvalue weighted by Gasteiger charge is -2.05. The van der Waals surface area contributed by atoms with E-state index >= 15 is 0 Å². The van der Waals surface area contributed by atoms with Crippen molar-refractivity contribution < 1.29 is 5.16 Å². The first-order chi connectivity index (χ1) is 7.41. The van der Waals surface area contributed by atoms with Crippen LogP contribution in [0.15, 0.2) is 0 Å². The third-order valence-corrected chi connectivity index (χ3v) is 4.46. The molecule has 4 heteroatoms. The van der Waals surface area contributed by atoms with Gasteiger partial charge in [-0.25, -0.2) is 5.16 Å². The summed E-state index contributed by atoms with van der Waals surface area (Å²) in [6.07, 6.45) is 8.81. The second-order valence-corrected chi connectivity index (χ2v) is 5.94. The highest BCUT2D eigenvalue weighted by Gasteiger charge is 1.96. The fourth-order valence-corrected chi connectivity index (χ4v) is 3.42. The van der Waals surface area contributed by atoms with Crippen LogP contribution in [0.4, 0.5) is 0 Å². The van der Waals surface area contributed by atoms with E-state index in [0.29, 0.717) is 0 Å². The molecule has 1 N–H and O–H groups in total. The van der Waals surface area contributed by atoms with Gasteiger partial charge in [0.2, 0.25) is 0 Å². The SMILES string of the molecule is C1CCSCC1.C1CCSCC1.C=[NH+][O-]. The molecule has 0 unspecified atom stereocenters. The molecular formula is C11H23NOS2. The second kappa shape index (κ2) is 14.2. The quantitative estimate of drug-likeness (QED) is 0.406. The average Bonchev–Trinajstić information content (AvgIpc) is 2.35. The van der Waals surface area contributed by atoms with Crippen LogP contribution in [0.5, 0.6) is 0 Å². The fourth-order valence-electron chi connectivity index (χ4n) is 1.37. The van der Waals surface area contributed by atoms with E-state index in [2.05, 4.69) is 30.2 Å². The van der Waals surface area contributed by atoms with Crippen LogP contribution < -0.4 is 5.16 Å². The highest BCUT2D eigenvalue weighted by Crippen LogP contribution is 2.15. The minimum atomic E-state index is 1.25. The van der Waals surface area contributed by atoms with E-state index in [1.54, 1.807) is 0 Å². The maximum atomic E-state index is 8.57. The van der Waals surface area contributed by atoms with Gasteiger partial charge in [0.25, 0.3) is 0 Å². The summed E-state index contributed by atoms with van der Waals surface area (Å²) in [7, 11) is 0. The first-order valence-corrected chi connectivity index (χ1v) is 8.02. The van der Waals surface area contributed by atoms with Crippen molar-refractivity contribution in [1.29, 1.82) is 0 Å². The van der Waals surface area contributed by atoms with Gasteiger partial charge in [0.05, 0.1) is 0 Å². The van der Waals surface area contributed by atoms with Gasteiger partial charge in [0, 0.05) is 0 Å². The van der Waals surface area contributed by atoms with Crippen LogP contribution in [0.3, 0.4) is 0 Å². The Morgan fingerprint density at radius 3 is 1.07 bits per heavy atom. The highest BCUT2D eigenvalue weighted by molar-refractivity contribution is 7.99. The monoisotopic (exact) mass is 249 g/mol. The lowest BCUT2D eigenvalue weighted by molar-refractivity contribution is -0.361. The molecule has 2 heterocycles. The molecule has 90 valence electrons. The molecule has 2 saturated heterocycles. The normalized spacial score (nSPS) is 20.0. The zero-order valence-electron chi connectivity index (χ0n) is 9.50. The van der Waals surface area contributed by atoms with Gasteiger partial charge in [-0.15, -0.1) is 0 Å². The van der Waals surface area contributed by atoms with Crippen molar-refractivity contribution in [2.24, 2.45) is 0 Å². The smallest absolute Gasteiger partial charge is 0.136 e. The summed E-state index contributed by atoms with van der Waals surface area (Å²) in [5, 5.41) is 9.82. The van der Waals surface area contributed by atoms with Gasteiger partial charge in [-0.2, -0.15) is 23.5 Å². The number of nitrogens with one attached hydrogen (secondary N) is 1. The molecule has 15 heavy (non-hydrogen) atoms. The molecule has 0 aromatic carbocycles. The topological polar surface area (TPSA) is 37.0 Å². The summed E-state index contributed by atoms with van der Waals surface area (Å²) in [6.45, 7) is 2.68. The first-order valence-electron chi connectivity index (χ1n) is 5.71. The molecule has 0 radical (unpaired) electrons. The van der Waals surface area contributed by atoms with Gasteiger partial charge in [0.1, 0.15) is 6.72 Å². The van der Waals surface area contributed by atoms with Crippen molar-refractivity contribution in [1.82, 2.24) is 0 Å². The molecule has 2 rings (SSSR count). The van der Waals surface area contributed by atoms with Crippen molar-refractivity contribution in [3.05, 3.63) is 5.21 Å². The van der Waals surface area contributed by atoms with E-state index in [0.717, 1.165) is 0 Å². The third kappa shape index (κ3) is 14.2. The van der Waals surface area contributed by atoms with Crippen molar-refractivity contribution in [3.8, 4) is 0 Å². The lowest BCUT2D eigenvalue weighted by Crippen LogP contribution is -2.56. The molecule has 2 fully saturated rings. The van der Waals surface area contributed by atoms with Gasteiger partial charge in [-0.05, 0) is 48.7 Å². The second-order valence-electron chi connectivity index (χ2n) is 3.49. The lowest BCUT2D eigenvalue weighted by atomic mass is 10.3. The minimum Gasteiger partial charge on any atom is -0.626 e. The molecule has 0 aliphatic carbocycles. The van der Waals surface area contributed by atoms with E-state index in [1.807, 2.05) is 0 Å². The Kier molecular flexibility index (Phi) is 14.3. The molecule has 2 aliphatic rings. The van der Waals surface area contributed by atoms with E-state index in [4.69, 9.17) is 5.21 Å². The maximum Gasteiger partial charge on any atom is 0.136 e. The predicted octanol–water partition coefficient (Wildman–Crippen LogP) is 2.07. The Labute approximate surface area is 102 Å². The van der Waals surface area contributed by atoms with Gasteiger partial charge in [-0.3, -0.25) is 0 Å². The van der Waals surface area contributed by atoms with Gasteiger partial charge >= 0.3 is 0 Å². The first kappa shape index (κ1) is 15.2. The minimum absolute atomic E-state index is 1.25. The number of hydrogen-bond donors (Lipinski definition) is 1. The van der Waals surface area contributed by atoms with Crippen molar-refractivity contribution in [2.75, 3.05) is 23.0 Å². The highest BCUT2D eigenvalue weighted by atomic mass is 32.2. The fraction of sp³-hybridized carbons (Fsp3) is 0.909. The standard InChI is InChI=1S/2C5H10S.CH3NO/c2*1-2-4-6-5-3-1;1-2-3/h2*1-5H2;2H,1H2. The molecule has 0 aromatic rings. The summed E-state index contributed by atoms with van der Waals surface area (Å²) in [5.41, 5.74) is 0. The van der Waals surface area contributed by atoms with Crippen LogP contribution in [-0.2, 0) is 0 Å². The van der Waals surface area contributed by atoms with E-state index in [1.165, 1.54) is 66.7 Å². The summed E-state index contributed by atoms with van der Waals surface area (Å²) in [4.78, 5) is 0. The molecule has 0 amide bonds. The molecular weight excluding hydrogens is 226 g/mol. The van der Waals surface area contributed by atoms with Gasteiger partial charge in [-0.1, -0.05) is 12.8 Å². The van der Waals surface area contributed by atoms with Crippen LogP contribution >= 0.6 is 23.5 Å². The zero-order valence-corrected chi connectivity index (χ0v) is 11.1. The molecule has 0 bridgehead atoms. The molecule has 2 aliphatic heterocycles. The van der Waals surface area contributed by atoms with E-state index in [-0.39, 0.29) is 0 Å². The Bertz CT molecular complexity index is 90.7. The Hall–Kier alpha value is 0.170. The Balaban J connectivity index is 0.000000210. The van der Waals surface area contributed by atoms with Crippen LogP contribution in [0.1, 0.15) is 38.5 Å². The van der Waals surface area contributed by atoms with Crippen molar-refractivity contribution >= 4 is 30.2 Å². The number of thioether (sulfide) groups is 2. The van der Waals surface area contributed by atoms with Crippen LogP contribution in [0.25, 0.3) is 0 Å². The van der Waals surface area contributed by atoms with Gasteiger partial charge < -0.3 is 5.21 Å². The number of rotatable bonds is 0. The van der Waals surface area contributed by atoms with Gasteiger partial charge in [0.15, 0.2) is 0 Å². The molecule has 0 saturated carbocycles. The Morgan fingerprint density at radius 1 is 0.733 bits per heavy atom. The van der Waals surface area contributed by atoms with Crippen LogP contribution in [0.2, 0.25) is 0 Å². The zero-order chi connectivity index (χ0) is 11.2. The predicted molar refractivity (Wildman–Crippen MR) is 73.8 cm³/mol. The average molecular weight is 249 g/mol. The summed E-state index contributed by atoms with van der Waals surface area (Å²) >= 11 is 4.19. The van der Waals surface area contributed by atoms with E-state index in [9.17, 15) is 0 Å². The third-order valence-electron chi connectivity index (χ3n) is 2.15. The van der Waals surface area contributed by atoms with Crippen LogP contribution in [-0.4, -0.2) is 29.7 Å². The number of hydrogen-bond acceptors (Lipinski definition) is 3. The molecule has 0 spiro atoms. The van der Waals surface area contributed by atoms with Crippen molar-refractivity contribution in [3.63, 3.8) is 0 Å². The molecule has 0 atom stereocenters. The maximum absolute atomic E-state index is 8.57. The summed E-state index contributed by atoms with van der Waals surface area (Å²) < 4.78 is 0. The summed E-state index contributed by atoms with van der Waals surface area (Å²) in [5.74, 6) is 5.67. The van der Waals surface area contributed by atoms with Crippen molar-refractivity contribution in [2.45, 2.75) is 38.5 Å². The largest absolute Gasteiger partial charge is 0.626 e. The molecule has 0 aromatic heterocycles.